The summed E-state index contributed by atoms with van der Waals surface area (Å²) in [4.78, 5) is 15.8. The second kappa shape index (κ2) is 7.69. The summed E-state index contributed by atoms with van der Waals surface area (Å²) < 4.78 is 31.2. The Morgan fingerprint density at radius 3 is 2.68 bits per heavy atom. The lowest BCUT2D eigenvalue weighted by Crippen LogP contribution is -2.42. The zero-order chi connectivity index (χ0) is 16.0. The second-order valence-electron chi connectivity index (χ2n) is 5.31. The highest BCUT2D eigenvalue weighted by atomic mass is 32.2. The van der Waals surface area contributed by atoms with Crippen molar-refractivity contribution in [3.8, 4) is 0 Å². The van der Waals surface area contributed by atoms with Crippen molar-refractivity contribution in [1.82, 2.24) is 9.29 Å². The molecule has 2 rings (SSSR count). The smallest absolute Gasteiger partial charge is 0.309 e. The molecule has 7 heteroatoms. The third kappa shape index (κ3) is 4.51. The molecule has 1 aromatic rings. The van der Waals surface area contributed by atoms with E-state index in [-0.39, 0.29) is 17.6 Å². The fraction of sp³-hybridized carbons (Fsp3) is 0.600. The van der Waals surface area contributed by atoms with Crippen molar-refractivity contribution in [2.24, 2.45) is 5.92 Å². The van der Waals surface area contributed by atoms with Gasteiger partial charge in [-0.25, -0.2) is 12.7 Å². The number of hydrogen-bond donors (Lipinski definition) is 0. The first kappa shape index (κ1) is 16.9. The Labute approximate surface area is 131 Å². The van der Waals surface area contributed by atoms with Gasteiger partial charge in [-0.3, -0.25) is 9.78 Å². The number of esters is 1. The molecule has 0 spiro atoms. The van der Waals surface area contributed by atoms with E-state index in [4.69, 9.17) is 4.74 Å². The largest absolute Gasteiger partial charge is 0.466 e. The van der Waals surface area contributed by atoms with Crippen LogP contribution in [-0.2, 0) is 26.0 Å². The van der Waals surface area contributed by atoms with E-state index in [0.717, 1.165) is 5.69 Å². The number of carbonyl (C=O) groups excluding carboxylic acids is 1. The van der Waals surface area contributed by atoms with Gasteiger partial charge in [0.05, 0.1) is 18.3 Å². The predicted molar refractivity (Wildman–Crippen MR) is 82.7 cm³/mol. The molecule has 0 unspecified atom stereocenters. The Bertz CT molecular complexity index is 581. The van der Waals surface area contributed by atoms with Crippen LogP contribution in [0.15, 0.2) is 24.4 Å². The zero-order valence-corrected chi connectivity index (χ0v) is 13.6. The van der Waals surface area contributed by atoms with Crippen LogP contribution in [0.5, 0.6) is 0 Å². The number of aryl methyl sites for hydroxylation is 1. The predicted octanol–water partition coefficient (Wildman–Crippen LogP) is 1.23. The Kier molecular flexibility index (Phi) is 5.90. The zero-order valence-electron chi connectivity index (χ0n) is 12.8. The van der Waals surface area contributed by atoms with E-state index >= 15 is 0 Å². The van der Waals surface area contributed by atoms with Crippen LogP contribution in [0.25, 0.3) is 0 Å². The highest BCUT2D eigenvalue weighted by Gasteiger charge is 2.31. The van der Waals surface area contributed by atoms with Crippen LogP contribution in [0, 0.1) is 5.92 Å². The highest BCUT2D eigenvalue weighted by molar-refractivity contribution is 7.89. The lowest BCUT2D eigenvalue weighted by atomic mass is 9.98. The molecular weight excluding hydrogens is 304 g/mol. The van der Waals surface area contributed by atoms with Crippen molar-refractivity contribution in [3.63, 3.8) is 0 Å². The maximum Gasteiger partial charge on any atom is 0.309 e. The molecule has 0 saturated carbocycles. The van der Waals surface area contributed by atoms with Gasteiger partial charge in [-0.1, -0.05) is 6.07 Å². The van der Waals surface area contributed by atoms with Gasteiger partial charge < -0.3 is 4.74 Å². The first-order valence-corrected chi connectivity index (χ1v) is 9.18. The van der Waals surface area contributed by atoms with Gasteiger partial charge in [0, 0.05) is 31.4 Å². The number of sulfonamides is 1. The van der Waals surface area contributed by atoms with E-state index < -0.39 is 10.0 Å². The van der Waals surface area contributed by atoms with Gasteiger partial charge in [-0.2, -0.15) is 0 Å². The Morgan fingerprint density at radius 1 is 1.36 bits per heavy atom. The van der Waals surface area contributed by atoms with Crippen molar-refractivity contribution in [1.29, 1.82) is 0 Å². The molecule has 0 aliphatic carbocycles. The molecule has 0 radical (unpaired) electrons. The fourth-order valence-corrected chi connectivity index (χ4v) is 4.03. The maximum absolute atomic E-state index is 12.3. The minimum absolute atomic E-state index is 0.0497. The van der Waals surface area contributed by atoms with Gasteiger partial charge in [0.2, 0.25) is 10.0 Å². The number of nitrogens with zero attached hydrogens (tertiary/aromatic N) is 2. The van der Waals surface area contributed by atoms with E-state index in [9.17, 15) is 13.2 Å². The van der Waals surface area contributed by atoms with Crippen molar-refractivity contribution in [2.45, 2.75) is 26.2 Å². The van der Waals surface area contributed by atoms with Crippen LogP contribution in [0.3, 0.4) is 0 Å². The molecule has 1 aliphatic rings. The molecule has 0 atom stereocenters. The standard InChI is InChI=1S/C15H22N2O4S/c1-2-21-15(18)13-6-10-17(11-7-13)22(19,20)12-8-14-5-3-4-9-16-14/h3-5,9,13H,2,6-8,10-12H2,1H3. The van der Waals surface area contributed by atoms with Gasteiger partial charge in [-0.05, 0) is 31.9 Å². The Balaban J connectivity index is 1.85. The minimum atomic E-state index is -3.30. The molecule has 0 N–H and O–H groups in total. The molecule has 1 aromatic heterocycles. The molecule has 0 amide bonds. The molecule has 2 heterocycles. The monoisotopic (exact) mass is 326 g/mol. The van der Waals surface area contributed by atoms with Crippen molar-refractivity contribution < 1.29 is 17.9 Å². The van der Waals surface area contributed by atoms with E-state index in [1.807, 2.05) is 12.1 Å². The van der Waals surface area contributed by atoms with Crippen molar-refractivity contribution in [2.75, 3.05) is 25.4 Å². The van der Waals surface area contributed by atoms with Crippen molar-refractivity contribution >= 4 is 16.0 Å². The lowest BCUT2D eigenvalue weighted by Gasteiger charge is -2.30. The highest BCUT2D eigenvalue weighted by Crippen LogP contribution is 2.21. The molecule has 6 nitrogen and oxygen atoms in total. The van der Waals surface area contributed by atoms with Crippen LogP contribution in [0.4, 0.5) is 0 Å². The van der Waals surface area contributed by atoms with Crippen LogP contribution < -0.4 is 0 Å². The van der Waals surface area contributed by atoms with Crippen LogP contribution in [0.2, 0.25) is 0 Å². The van der Waals surface area contributed by atoms with Crippen LogP contribution in [-0.4, -0.2) is 49.1 Å². The van der Waals surface area contributed by atoms with Gasteiger partial charge >= 0.3 is 5.97 Å². The van der Waals surface area contributed by atoms with E-state index in [1.165, 1.54) is 4.31 Å². The summed E-state index contributed by atoms with van der Waals surface area (Å²) in [5, 5.41) is 0. The van der Waals surface area contributed by atoms with Crippen molar-refractivity contribution in [3.05, 3.63) is 30.1 Å². The summed E-state index contributed by atoms with van der Waals surface area (Å²) in [6.07, 6.45) is 3.12. The molecular formula is C15H22N2O4S. The minimum Gasteiger partial charge on any atom is -0.466 e. The topological polar surface area (TPSA) is 76.6 Å². The number of carbonyl (C=O) groups is 1. The summed E-state index contributed by atoms with van der Waals surface area (Å²) in [6, 6.07) is 5.47. The number of ether oxygens (including phenoxy) is 1. The quantitative estimate of drug-likeness (QED) is 0.735. The number of piperidine rings is 1. The second-order valence-corrected chi connectivity index (χ2v) is 7.40. The number of pyridine rings is 1. The first-order chi connectivity index (χ1) is 10.5. The molecule has 0 bridgehead atoms. The van der Waals surface area contributed by atoms with Gasteiger partial charge in [0.1, 0.15) is 0 Å². The van der Waals surface area contributed by atoms with Gasteiger partial charge in [0.25, 0.3) is 0 Å². The molecule has 0 aromatic carbocycles. The fourth-order valence-electron chi connectivity index (χ4n) is 2.54. The SMILES string of the molecule is CCOC(=O)C1CCN(S(=O)(=O)CCc2ccccn2)CC1. The number of rotatable bonds is 6. The van der Waals surface area contributed by atoms with E-state index in [0.29, 0.717) is 39.0 Å². The first-order valence-electron chi connectivity index (χ1n) is 7.57. The maximum atomic E-state index is 12.3. The lowest BCUT2D eigenvalue weighted by molar-refractivity contribution is -0.149. The average molecular weight is 326 g/mol. The molecule has 1 saturated heterocycles. The third-order valence-corrected chi connectivity index (χ3v) is 5.68. The van der Waals surface area contributed by atoms with E-state index in [2.05, 4.69) is 4.98 Å². The van der Waals surface area contributed by atoms with E-state index in [1.54, 1.807) is 19.2 Å². The van der Waals surface area contributed by atoms with Crippen LogP contribution in [0.1, 0.15) is 25.5 Å². The molecule has 1 fully saturated rings. The number of hydrogen-bond acceptors (Lipinski definition) is 5. The summed E-state index contributed by atoms with van der Waals surface area (Å²) in [5.74, 6) is -0.344. The molecule has 1 aliphatic heterocycles. The summed E-state index contributed by atoms with van der Waals surface area (Å²) in [5.41, 5.74) is 0.771. The molecule has 122 valence electrons. The van der Waals surface area contributed by atoms with Gasteiger partial charge in [-0.15, -0.1) is 0 Å². The number of aromatic nitrogens is 1. The normalized spacial score (nSPS) is 17.3. The summed E-state index contributed by atoms with van der Waals surface area (Å²) in [7, 11) is -3.30. The molecule has 22 heavy (non-hydrogen) atoms. The summed E-state index contributed by atoms with van der Waals surface area (Å²) >= 11 is 0. The Hall–Kier alpha value is -1.47. The third-order valence-electron chi connectivity index (χ3n) is 3.81. The summed E-state index contributed by atoms with van der Waals surface area (Å²) in [6.45, 7) is 2.90. The van der Waals surface area contributed by atoms with Gasteiger partial charge in [0.15, 0.2) is 0 Å². The van der Waals surface area contributed by atoms with Crippen LogP contribution >= 0.6 is 0 Å². The average Bonchev–Trinajstić information content (AvgIpc) is 2.54. The Morgan fingerprint density at radius 2 is 2.09 bits per heavy atom.